The lowest BCUT2D eigenvalue weighted by atomic mass is 9.77. The molecule has 13 heavy (non-hydrogen) atoms. The van der Waals surface area contributed by atoms with E-state index in [9.17, 15) is 0 Å². The van der Waals surface area contributed by atoms with Crippen LogP contribution in [0.3, 0.4) is 0 Å². The van der Waals surface area contributed by atoms with Gasteiger partial charge < -0.3 is 9.84 Å². The summed E-state index contributed by atoms with van der Waals surface area (Å²) in [6.45, 7) is 7.34. The first kappa shape index (κ1) is 10.7. The number of aliphatic hydroxyl groups excluding tert-OH is 1. The van der Waals surface area contributed by atoms with Crippen molar-refractivity contribution < 1.29 is 9.84 Å². The maximum atomic E-state index is 9.03. The van der Waals surface area contributed by atoms with E-state index in [-0.39, 0.29) is 12.0 Å². The van der Waals surface area contributed by atoms with E-state index in [1.807, 2.05) is 6.92 Å². The highest BCUT2D eigenvalue weighted by Crippen LogP contribution is 2.35. The van der Waals surface area contributed by atoms with Gasteiger partial charge in [0.05, 0.1) is 12.7 Å². The second kappa shape index (κ2) is 4.25. The average molecular weight is 184 g/mol. The molecule has 0 aromatic carbocycles. The molecule has 0 fully saturated rings. The average Bonchev–Trinajstić information content (AvgIpc) is 2.08. The molecule has 1 atom stereocenters. The van der Waals surface area contributed by atoms with Crippen molar-refractivity contribution in [3.05, 3.63) is 11.6 Å². The normalized spacial score (nSPS) is 27.1. The van der Waals surface area contributed by atoms with Crippen LogP contribution in [0, 0.1) is 5.41 Å². The van der Waals surface area contributed by atoms with Gasteiger partial charge in [-0.25, -0.2) is 0 Å². The third-order valence-corrected chi connectivity index (χ3v) is 2.70. The number of rotatable bonds is 3. The minimum absolute atomic E-state index is 0.0757. The van der Waals surface area contributed by atoms with Crippen LogP contribution in [0.4, 0.5) is 0 Å². The molecular formula is C11H20O2. The fraction of sp³-hybridized carbons (Fsp3) is 0.818. The van der Waals surface area contributed by atoms with Gasteiger partial charge in [-0.05, 0) is 25.3 Å². The molecule has 0 spiro atoms. The van der Waals surface area contributed by atoms with E-state index in [2.05, 4.69) is 19.9 Å². The minimum Gasteiger partial charge on any atom is -0.392 e. The van der Waals surface area contributed by atoms with E-state index in [4.69, 9.17) is 9.84 Å². The molecule has 0 amide bonds. The van der Waals surface area contributed by atoms with Gasteiger partial charge in [0.15, 0.2) is 0 Å². The van der Waals surface area contributed by atoms with Crippen molar-refractivity contribution in [2.45, 2.75) is 39.7 Å². The Kier molecular flexibility index (Phi) is 3.51. The Labute approximate surface area is 80.6 Å². The topological polar surface area (TPSA) is 29.5 Å². The van der Waals surface area contributed by atoms with Gasteiger partial charge in [-0.3, -0.25) is 0 Å². The van der Waals surface area contributed by atoms with E-state index in [0.717, 1.165) is 25.0 Å². The van der Waals surface area contributed by atoms with Crippen molar-refractivity contribution in [3.8, 4) is 0 Å². The zero-order chi connectivity index (χ0) is 9.90. The lowest BCUT2D eigenvalue weighted by Crippen LogP contribution is -2.34. The first-order valence-electron chi connectivity index (χ1n) is 5.03. The molecule has 1 aliphatic rings. The van der Waals surface area contributed by atoms with Crippen LogP contribution in [0.1, 0.15) is 33.6 Å². The van der Waals surface area contributed by atoms with Crippen molar-refractivity contribution in [1.82, 2.24) is 0 Å². The summed E-state index contributed by atoms with van der Waals surface area (Å²) in [7, 11) is 0. The van der Waals surface area contributed by atoms with E-state index in [1.54, 1.807) is 0 Å². The summed E-state index contributed by atoms with van der Waals surface area (Å²) in [5.74, 6) is 0. The van der Waals surface area contributed by atoms with E-state index >= 15 is 0 Å². The summed E-state index contributed by atoms with van der Waals surface area (Å²) >= 11 is 0. The summed E-state index contributed by atoms with van der Waals surface area (Å²) in [5, 5.41) is 9.03. The van der Waals surface area contributed by atoms with Crippen molar-refractivity contribution in [2.75, 3.05) is 13.2 Å². The highest BCUT2D eigenvalue weighted by molar-refractivity contribution is 5.14. The van der Waals surface area contributed by atoms with Crippen LogP contribution in [-0.2, 0) is 4.74 Å². The Balaban J connectivity index is 2.69. The number of aliphatic hydroxyl groups is 1. The predicted molar refractivity (Wildman–Crippen MR) is 53.6 cm³/mol. The lowest BCUT2D eigenvalue weighted by Gasteiger charge is -2.36. The van der Waals surface area contributed by atoms with Crippen molar-refractivity contribution in [2.24, 2.45) is 5.41 Å². The Morgan fingerprint density at radius 2 is 2.31 bits per heavy atom. The third kappa shape index (κ3) is 2.55. The Morgan fingerprint density at radius 1 is 1.62 bits per heavy atom. The summed E-state index contributed by atoms with van der Waals surface area (Å²) in [5.41, 5.74) is 1.23. The second-order valence-corrected chi connectivity index (χ2v) is 4.26. The number of hydrogen-bond donors (Lipinski definition) is 1. The summed E-state index contributed by atoms with van der Waals surface area (Å²) in [6.07, 6.45) is 4.49. The van der Waals surface area contributed by atoms with Crippen LogP contribution in [-0.4, -0.2) is 24.4 Å². The molecule has 0 heterocycles. The fourth-order valence-corrected chi connectivity index (χ4v) is 2.00. The fourth-order valence-electron chi connectivity index (χ4n) is 2.00. The number of hydrogen-bond acceptors (Lipinski definition) is 2. The first-order chi connectivity index (χ1) is 6.10. The van der Waals surface area contributed by atoms with Crippen molar-refractivity contribution in [3.63, 3.8) is 0 Å². The lowest BCUT2D eigenvalue weighted by molar-refractivity contribution is -0.00969. The molecular weight excluding hydrogens is 164 g/mol. The molecule has 0 saturated heterocycles. The molecule has 0 aliphatic heterocycles. The molecule has 0 bridgehead atoms. The van der Waals surface area contributed by atoms with Gasteiger partial charge in [-0.15, -0.1) is 0 Å². The molecule has 0 radical (unpaired) electrons. The van der Waals surface area contributed by atoms with Crippen LogP contribution in [0.5, 0.6) is 0 Å². The Bertz CT molecular complexity index is 194. The van der Waals surface area contributed by atoms with Crippen LogP contribution in [0.15, 0.2) is 11.6 Å². The maximum Gasteiger partial charge on any atom is 0.0663 e. The zero-order valence-electron chi connectivity index (χ0n) is 8.84. The quantitative estimate of drug-likeness (QED) is 0.681. The monoisotopic (exact) mass is 184 g/mol. The van der Waals surface area contributed by atoms with Crippen LogP contribution in [0.2, 0.25) is 0 Å². The van der Waals surface area contributed by atoms with Crippen molar-refractivity contribution >= 4 is 0 Å². The van der Waals surface area contributed by atoms with Crippen LogP contribution < -0.4 is 0 Å². The molecule has 0 saturated carbocycles. The Hall–Kier alpha value is -0.340. The van der Waals surface area contributed by atoms with Crippen LogP contribution in [0.25, 0.3) is 0 Å². The predicted octanol–water partition coefficient (Wildman–Crippen LogP) is 2.13. The molecule has 2 heteroatoms. The van der Waals surface area contributed by atoms with Gasteiger partial charge in [-0.2, -0.15) is 0 Å². The molecule has 0 aromatic rings. The van der Waals surface area contributed by atoms with Crippen molar-refractivity contribution in [1.29, 1.82) is 0 Å². The Morgan fingerprint density at radius 3 is 2.77 bits per heavy atom. The van der Waals surface area contributed by atoms with Gasteiger partial charge >= 0.3 is 0 Å². The standard InChI is InChI=1S/C11H20O2/c1-4-13-10-6-5-9(8-12)7-11(10,2)3/h7,10,12H,4-6,8H2,1-3H3. The highest BCUT2D eigenvalue weighted by atomic mass is 16.5. The van der Waals surface area contributed by atoms with Gasteiger partial charge in [0.2, 0.25) is 0 Å². The minimum atomic E-state index is 0.0757. The number of ether oxygens (including phenoxy) is 1. The van der Waals surface area contributed by atoms with E-state index in [0.29, 0.717) is 6.10 Å². The summed E-state index contributed by atoms with van der Waals surface area (Å²) in [4.78, 5) is 0. The molecule has 76 valence electrons. The van der Waals surface area contributed by atoms with Crippen LogP contribution >= 0.6 is 0 Å². The van der Waals surface area contributed by atoms with Gasteiger partial charge in [0.1, 0.15) is 0 Å². The van der Waals surface area contributed by atoms with E-state index < -0.39 is 0 Å². The SMILES string of the molecule is CCOC1CCC(CO)=CC1(C)C. The third-order valence-electron chi connectivity index (χ3n) is 2.70. The first-order valence-corrected chi connectivity index (χ1v) is 5.03. The zero-order valence-corrected chi connectivity index (χ0v) is 8.84. The highest BCUT2D eigenvalue weighted by Gasteiger charge is 2.31. The van der Waals surface area contributed by atoms with Gasteiger partial charge in [-0.1, -0.05) is 19.9 Å². The smallest absolute Gasteiger partial charge is 0.0663 e. The molecule has 0 aromatic heterocycles. The largest absolute Gasteiger partial charge is 0.392 e. The molecule has 1 unspecified atom stereocenters. The molecule has 1 rings (SSSR count). The van der Waals surface area contributed by atoms with Gasteiger partial charge in [0, 0.05) is 12.0 Å². The summed E-state index contributed by atoms with van der Waals surface area (Å²) < 4.78 is 5.66. The molecule has 1 N–H and O–H groups in total. The van der Waals surface area contributed by atoms with Gasteiger partial charge in [0.25, 0.3) is 0 Å². The maximum absolute atomic E-state index is 9.03. The molecule has 2 nitrogen and oxygen atoms in total. The molecule has 1 aliphatic carbocycles. The van der Waals surface area contributed by atoms with E-state index in [1.165, 1.54) is 0 Å². The summed E-state index contributed by atoms with van der Waals surface area (Å²) in [6, 6.07) is 0. The second-order valence-electron chi connectivity index (χ2n) is 4.26.